The molecule has 2 heterocycles. The third-order valence-corrected chi connectivity index (χ3v) is 8.51. The molecule has 4 rings (SSSR count). The monoisotopic (exact) mass is 454 g/mol. The van der Waals surface area contributed by atoms with E-state index in [0.717, 1.165) is 37.0 Å². The normalized spacial score (nSPS) is 15.6. The lowest BCUT2D eigenvalue weighted by atomic mass is 10.1. The van der Waals surface area contributed by atoms with Crippen LogP contribution < -0.4 is 9.86 Å². The Morgan fingerprint density at radius 2 is 1.69 bits per heavy atom. The maximum absolute atomic E-state index is 12.6. The van der Waals surface area contributed by atoms with Gasteiger partial charge in [-0.25, -0.2) is 22.0 Å². The van der Waals surface area contributed by atoms with E-state index in [1.54, 1.807) is 6.07 Å². The van der Waals surface area contributed by atoms with Gasteiger partial charge < -0.3 is 4.42 Å². The highest BCUT2D eigenvalue weighted by Crippen LogP contribution is 2.36. The summed E-state index contributed by atoms with van der Waals surface area (Å²) < 4.78 is 56.1. The van der Waals surface area contributed by atoms with Crippen molar-refractivity contribution in [2.24, 2.45) is 5.14 Å². The van der Waals surface area contributed by atoms with Gasteiger partial charge in [0.15, 0.2) is 0 Å². The maximum Gasteiger partial charge on any atom is 0.271 e. The van der Waals surface area contributed by atoms with Gasteiger partial charge in [0.2, 0.25) is 15.9 Å². The fraction of sp³-hybridized carbons (Fsp3) is 0.294. The van der Waals surface area contributed by atoms with E-state index in [-0.39, 0.29) is 20.7 Å². The zero-order chi connectivity index (χ0) is 20.6. The molecule has 3 N–H and O–H groups in total. The molecule has 29 heavy (non-hydrogen) atoms. The predicted molar refractivity (Wildman–Crippen MR) is 107 cm³/mol. The lowest BCUT2D eigenvalue weighted by Gasteiger charge is -2.06. The molecule has 0 amide bonds. The summed E-state index contributed by atoms with van der Waals surface area (Å²) in [5, 5.41) is 13.2. The first kappa shape index (κ1) is 20.0. The van der Waals surface area contributed by atoms with Gasteiger partial charge in [-0.05, 0) is 49.2 Å². The van der Waals surface area contributed by atoms with Crippen molar-refractivity contribution in [3.63, 3.8) is 0 Å². The Kier molecular flexibility index (Phi) is 5.19. The minimum atomic E-state index is -3.86. The summed E-state index contributed by atoms with van der Waals surface area (Å²) in [5.74, 6) is 1.18. The van der Waals surface area contributed by atoms with Gasteiger partial charge in [0.25, 0.3) is 15.9 Å². The molecule has 0 spiro atoms. The van der Waals surface area contributed by atoms with Crippen LogP contribution in [0.5, 0.6) is 0 Å². The second-order valence-electron chi connectivity index (χ2n) is 6.72. The Balaban J connectivity index is 1.52. The summed E-state index contributed by atoms with van der Waals surface area (Å²) in [7, 11) is -7.71. The summed E-state index contributed by atoms with van der Waals surface area (Å²) >= 11 is 1.01. The summed E-state index contributed by atoms with van der Waals surface area (Å²) in [6.45, 7) is 0. The molecule has 1 aromatic carbocycles. The molecule has 0 radical (unpaired) electrons. The van der Waals surface area contributed by atoms with Crippen LogP contribution in [-0.2, 0) is 20.0 Å². The van der Waals surface area contributed by atoms with Gasteiger partial charge in [0.1, 0.15) is 4.21 Å². The summed E-state index contributed by atoms with van der Waals surface area (Å²) in [6.07, 6.45) is 4.35. The van der Waals surface area contributed by atoms with Crippen LogP contribution in [0.1, 0.15) is 37.5 Å². The summed E-state index contributed by atoms with van der Waals surface area (Å²) in [5.41, 5.74) is 0.216. The Morgan fingerprint density at radius 3 is 2.34 bits per heavy atom. The Labute approximate surface area is 172 Å². The highest BCUT2D eigenvalue weighted by molar-refractivity contribution is 7.94. The van der Waals surface area contributed by atoms with E-state index in [1.165, 1.54) is 30.3 Å². The molecule has 9 nitrogen and oxygen atoms in total. The van der Waals surface area contributed by atoms with Gasteiger partial charge in [-0.3, -0.25) is 4.72 Å². The van der Waals surface area contributed by atoms with E-state index >= 15 is 0 Å². The Bertz CT molecular complexity index is 1220. The molecule has 1 saturated carbocycles. The number of benzene rings is 1. The number of sulfonamides is 2. The molecule has 3 aromatic rings. The van der Waals surface area contributed by atoms with Crippen molar-refractivity contribution in [1.82, 2.24) is 10.2 Å². The highest BCUT2D eigenvalue weighted by atomic mass is 32.2. The molecule has 0 aliphatic heterocycles. The van der Waals surface area contributed by atoms with Crippen LogP contribution in [0.2, 0.25) is 0 Å². The number of primary sulfonamides is 1. The third-order valence-electron chi connectivity index (χ3n) is 4.64. The van der Waals surface area contributed by atoms with Gasteiger partial charge in [0, 0.05) is 11.6 Å². The lowest BCUT2D eigenvalue weighted by Crippen LogP contribution is -2.13. The van der Waals surface area contributed by atoms with Crippen LogP contribution in [0.15, 0.2) is 49.9 Å². The number of aromatic nitrogens is 2. The van der Waals surface area contributed by atoms with Crippen molar-refractivity contribution in [2.45, 2.75) is 40.7 Å². The summed E-state index contributed by atoms with van der Waals surface area (Å²) in [4.78, 5) is 0.458. The Hall–Kier alpha value is -2.28. The minimum Gasteiger partial charge on any atom is -0.420 e. The lowest BCUT2D eigenvalue weighted by molar-refractivity contribution is 0.458. The molecule has 1 fully saturated rings. The Morgan fingerprint density at radius 1 is 1.00 bits per heavy atom. The van der Waals surface area contributed by atoms with Gasteiger partial charge in [-0.2, -0.15) is 0 Å². The highest BCUT2D eigenvalue weighted by Gasteiger charge is 2.24. The first-order valence-corrected chi connectivity index (χ1v) is 12.7. The first-order valence-electron chi connectivity index (χ1n) is 8.82. The quantitative estimate of drug-likeness (QED) is 0.582. The van der Waals surface area contributed by atoms with E-state index in [9.17, 15) is 16.8 Å². The molecular weight excluding hydrogens is 436 g/mol. The van der Waals surface area contributed by atoms with Crippen molar-refractivity contribution >= 4 is 37.1 Å². The average Bonchev–Trinajstić information content (AvgIpc) is 3.40. The van der Waals surface area contributed by atoms with Crippen LogP contribution in [0.4, 0.5) is 5.69 Å². The van der Waals surface area contributed by atoms with E-state index in [0.29, 0.717) is 16.7 Å². The van der Waals surface area contributed by atoms with E-state index < -0.39 is 20.0 Å². The van der Waals surface area contributed by atoms with Crippen molar-refractivity contribution in [3.05, 3.63) is 42.3 Å². The first-order chi connectivity index (χ1) is 13.7. The average molecular weight is 455 g/mol. The zero-order valence-corrected chi connectivity index (χ0v) is 17.6. The third kappa shape index (κ3) is 4.34. The molecule has 0 saturated heterocycles. The van der Waals surface area contributed by atoms with Gasteiger partial charge >= 0.3 is 0 Å². The maximum atomic E-state index is 12.6. The number of nitrogens with two attached hydrogens (primary N) is 1. The molecule has 0 atom stereocenters. The SMILES string of the molecule is NS(=O)(=O)c1ccc(NS(=O)(=O)c2ccc(-c3nnc(C4CCCC4)o3)s2)cc1. The molecular formula is C17H18N4O5S3. The second-order valence-corrected chi connectivity index (χ2v) is 11.3. The smallest absolute Gasteiger partial charge is 0.271 e. The van der Waals surface area contributed by atoms with Crippen molar-refractivity contribution in [2.75, 3.05) is 4.72 Å². The van der Waals surface area contributed by atoms with Crippen molar-refractivity contribution < 1.29 is 21.3 Å². The van der Waals surface area contributed by atoms with Crippen molar-refractivity contribution in [3.8, 4) is 10.8 Å². The molecule has 154 valence electrons. The van der Waals surface area contributed by atoms with Crippen LogP contribution in [0.25, 0.3) is 10.8 Å². The summed E-state index contributed by atoms with van der Waals surface area (Å²) in [6, 6.07) is 8.21. The fourth-order valence-corrected chi connectivity index (χ4v) is 5.97. The standard InChI is InChI=1S/C17H18N4O5S3/c18-28(22,23)13-7-5-12(6-8-13)21-29(24,25)15-10-9-14(27-15)17-20-19-16(26-17)11-3-1-2-4-11/h5-11,21H,1-4H2,(H2,18,22,23). The van der Waals surface area contributed by atoms with Crippen LogP contribution in [0, 0.1) is 0 Å². The number of nitrogens with zero attached hydrogens (tertiary/aromatic N) is 2. The molecule has 0 unspecified atom stereocenters. The molecule has 1 aliphatic rings. The van der Waals surface area contributed by atoms with E-state index in [4.69, 9.17) is 9.56 Å². The molecule has 0 bridgehead atoms. The molecule has 1 aliphatic carbocycles. The van der Waals surface area contributed by atoms with Gasteiger partial charge in [0.05, 0.1) is 9.77 Å². The number of rotatable bonds is 6. The minimum absolute atomic E-state index is 0.0728. The van der Waals surface area contributed by atoms with Gasteiger partial charge in [-0.15, -0.1) is 21.5 Å². The topological polar surface area (TPSA) is 145 Å². The number of hydrogen-bond donors (Lipinski definition) is 2. The fourth-order valence-electron chi connectivity index (χ4n) is 3.17. The largest absolute Gasteiger partial charge is 0.420 e. The molecule has 12 heteroatoms. The number of thiophene rings is 1. The van der Waals surface area contributed by atoms with E-state index in [2.05, 4.69) is 14.9 Å². The second kappa shape index (κ2) is 7.52. The predicted octanol–water partition coefficient (Wildman–Crippen LogP) is 2.90. The zero-order valence-electron chi connectivity index (χ0n) is 15.1. The van der Waals surface area contributed by atoms with Crippen LogP contribution in [-0.4, -0.2) is 27.0 Å². The molecule has 2 aromatic heterocycles. The van der Waals surface area contributed by atoms with Crippen LogP contribution >= 0.6 is 11.3 Å². The van der Waals surface area contributed by atoms with Crippen LogP contribution in [0.3, 0.4) is 0 Å². The van der Waals surface area contributed by atoms with E-state index in [1.807, 2.05) is 0 Å². The number of anilines is 1. The van der Waals surface area contributed by atoms with Crippen molar-refractivity contribution in [1.29, 1.82) is 0 Å². The van der Waals surface area contributed by atoms with Gasteiger partial charge in [-0.1, -0.05) is 12.8 Å². The number of hydrogen-bond acceptors (Lipinski definition) is 8. The number of nitrogens with one attached hydrogen (secondary N) is 1.